The predicted octanol–water partition coefficient (Wildman–Crippen LogP) is 0.435. The molecule has 6 heteroatoms. The third-order valence-electron chi connectivity index (χ3n) is 2.08. The van der Waals surface area contributed by atoms with Gasteiger partial charge >= 0.3 is 0 Å². The van der Waals surface area contributed by atoms with Crippen LogP contribution in [0.4, 0.5) is 0 Å². The Bertz CT molecular complexity index is 460. The second kappa shape index (κ2) is 4.63. The van der Waals surface area contributed by atoms with Crippen molar-refractivity contribution in [3.8, 4) is 0 Å². The van der Waals surface area contributed by atoms with E-state index < -0.39 is 6.10 Å². The fourth-order valence-electron chi connectivity index (χ4n) is 1.35. The molecule has 2 N–H and O–H groups in total. The molecular weight excluding hydrogens is 226 g/mol. The number of amides is 1. The fraction of sp³-hybridized carbons (Fsp3) is 0.400. The predicted molar refractivity (Wildman–Crippen MR) is 61.5 cm³/mol. The number of aliphatic hydroxyl groups is 1. The topological polar surface area (TPSA) is 66.6 Å². The molecule has 0 aliphatic carbocycles. The third kappa shape index (κ3) is 2.59. The zero-order valence-electron chi connectivity index (χ0n) is 8.88. The smallest absolute Gasteiger partial charge is 0.226 e. The molecule has 0 fully saturated rings. The average Bonchev–Trinajstić information content (AvgIpc) is 2.74. The summed E-state index contributed by atoms with van der Waals surface area (Å²) in [7, 11) is 0. The summed E-state index contributed by atoms with van der Waals surface area (Å²) < 4.78 is 1.89. The van der Waals surface area contributed by atoms with Crippen LogP contribution in [0.5, 0.6) is 0 Å². The Morgan fingerprint density at radius 3 is 3.25 bits per heavy atom. The lowest BCUT2D eigenvalue weighted by atomic mass is 10.3. The van der Waals surface area contributed by atoms with E-state index in [-0.39, 0.29) is 18.9 Å². The quantitative estimate of drug-likeness (QED) is 0.813. The minimum absolute atomic E-state index is 0.119. The number of hydrogen-bond acceptors (Lipinski definition) is 4. The molecule has 1 amide bonds. The van der Waals surface area contributed by atoms with Crippen molar-refractivity contribution in [2.24, 2.45) is 0 Å². The number of thiazole rings is 1. The van der Waals surface area contributed by atoms with Crippen molar-refractivity contribution >= 4 is 22.2 Å². The Morgan fingerprint density at radius 1 is 1.75 bits per heavy atom. The molecule has 0 aromatic carbocycles. The molecule has 0 radical (unpaired) electrons. The van der Waals surface area contributed by atoms with Crippen molar-refractivity contribution in [3.05, 3.63) is 23.5 Å². The van der Waals surface area contributed by atoms with E-state index >= 15 is 0 Å². The van der Waals surface area contributed by atoms with Gasteiger partial charge in [-0.1, -0.05) is 0 Å². The number of hydrogen-bond donors (Lipinski definition) is 2. The second-order valence-corrected chi connectivity index (χ2v) is 4.53. The molecule has 0 spiro atoms. The maximum absolute atomic E-state index is 11.4. The van der Waals surface area contributed by atoms with Gasteiger partial charge in [0, 0.05) is 24.3 Å². The van der Waals surface area contributed by atoms with Crippen LogP contribution < -0.4 is 5.32 Å². The lowest BCUT2D eigenvalue weighted by Crippen LogP contribution is -2.31. The molecule has 0 saturated heterocycles. The van der Waals surface area contributed by atoms with Crippen LogP contribution in [0.2, 0.25) is 0 Å². The molecule has 5 nitrogen and oxygen atoms in total. The molecular formula is C10H13N3O2S. The Balaban J connectivity index is 1.94. The van der Waals surface area contributed by atoms with Crippen molar-refractivity contribution in [2.75, 3.05) is 6.54 Å². The molecule has 2 heterocycles. The van der Waals surface area contributed by atoms with E-state index in [0.717, 1.165) is 10.7 Å². The first-order chi connectivity index (χ1) is 7.65. The van der Waals surface area contributed by atoms with Gasteiger partial charge in [0.1, 0.15) is 0 Å². The van der Waals surface area contributed by atoms with Gasteiger partial charge < -0.3 is 10.4 Å². The van der Waals surface area contributed by atoms with Gasteiger partial charge in [0.25, 0.3) is 0 Å². The summed E-state index contributed by atoms with van der Waals surface area (Å²) in [5, 5.41) is 13.6. The van der Waals surface area contributed by atoms with Crippen molar-refractivity contribution in [1.82, 2.24) is 14.7 Å². The summed E-state index contributed by atoms with van der Waals surface area (Å²) in [6.45, 7) is 1.91. The van der Waals surface area contributed by atoms with Crippen LogP contribution in [0.3, 0.4) is 0 Å². The van der Waals surface area contributed by atoms with Crippen LogP contribution in [-0.4, -0.2) is 33.0 Å². The number of rotatable bonds is 4. The highest BCUT2D eigenvalue weighted by molar-refractivity contribution is 7.15. The van der Waals surface area contributed by atoms with E-state index in [0.29, 0.717) is 0 Å². The van der Waals surface area contributed by atoms with Gasteiger partial charge in [-0.25, -0.2) is 4.98 Å². The van der Waals surface area contributed by atoms with E-state index in [4.69, 9.17) is 5.11 Å². The maximum atomic E-state index is 11.4. The molecule has 0 saturated carbocycles. The summed E-state index contributed by atoms with van der Waals surface area (Å²) in [5.74, 6) is -0.119. The van der Waals surface area contributed by atoms with Gasteiger partial charge in [-0.15, -0.1) is 11.3 Å². The normalized spacial score (nSPS) is 12.9. The van der Waals surface area contributed by atoms with Crippen molar-refractivity contribution in [1.29, 1.82) is 0 Å². The van der Waals surface area contributed by atoms with Gasteiger partial charge in [-0.3, -0.25) is 9.20 Å². The summed E-state index contributed by atoms with van der Waals surface area (Å²) in [6, 6.07) is 0. The number of carbonyl (C=O) groups excluding carboxylic acids is 1. The molecule has 0 unspecified atom stereocenters. The third-order valence-corrected chi connectivity index (χ3v) is 2.85. The minimum atomic E-state index is -0.519. The first-order valence-electron chi connectivity index (χ1n) is 5.01. The largest absolute Gasteiger partial charge is 0.392 e. The highest BCUT2D eigenvalue weighted by Gasteiger charge is 2.08. The van der Waals surface area contributed by atoms with Gasteiger partial charge in [0.15, 0.2) is 4.96 Å². The van der Waals surface area contributed by atoms with Crippen molar-refractivity contribution < 1.29 is 9.90 Å². The Hall–Kier alpha value is -1.40. The van der Waals surface area contributed by atoms with Gasteiger partial charge in [0.05, 0.1) is 18.2 Å². The second-order valence-electron chi connectivity index (χ2n) is 3.65. The molecule has 86 valence electrons. The number of aromatic nitrogens is 2. The zero-order valence-corrected chi connectivity index (χ0v) is 9.70. The SMILES string of the molecule is C[C@H](O)CNC(=O)Cc1cn2ccsc2n1. The van der Waals surface area contributed by atoms with Crippen LogP contribution in [0.15, 0.2) is 17.8 Å². The van der Waals surface area contributed by atoms with Crippen LogP contribution in [0, 0.1) is 0 Å². The average molecular weight is 239 g/mol. The summed E-state index contributed by atoms with van der Waals surface area (Å²) in [4.78, 5) is 16.6. The molecule has 1 atom stereocenters. The molecule has 2 rings (SSSR count). The van der Waals surface area contributed by atoms with Crippen LogP contribution in [-0.2, 0) is 11.2 Å². The Morgan fingerprint density at radius 2 is 2.56 bits per heavy atom. The van der Waals surface area contributed by atoms with E-state index in [1.165, 1.54) is 11.3 Å². The first-order valence-corrected chi connectivity index (χ1v) is 5.89. The fourth-order valence-corrected chi connectivity index (χ4v) is 2.07. The minimum Gasteiger partial charge on any atom is -0.392 e. The molecule has 2 aromatic heterocycles. The van der Waals surface area contributed by atoms with E-state index in [9.17, 15) is 4.79 Å². The van der Waals surface area contributed by atoms with E-state index in [1.54, 1.807) is 6.92 Å². The molecule has 0 aliphatic heterocycles. The van der Waals surface area contributed by atoms with Gasteiger partial charge in [0.2, 0.25) is 5.91 Å². The zero-order chi connectivity index (χ0) is 11.5. The molecule has 16 heavy (non-hydrogen) atoms. The van der Waals surface area contributed by atoms with Crippen LogP contribution in [0.1, 0.15) is 12.6 Å². The summed E-state index contributed by atoms with van der Waals surface area (Å²) in [6.07, 6.45) is 3.48. The Labute approximate surface area is 96.7 Å². The van der Waals surface area contributed by atoms with E-state index in [1.807, 2.05) is 22.2 Å². The first kappa shape index (κ1) is 11.1. The van der Waals surface area contributed by atoms with Crippen LogP contribution >= 0.6 is 11.3 Å². The summed E-state index contributed by atoms with van der Waals surface area (Å²) in [5.41, 5.74) is 0.745. The highest BCUT2D eigenvalue weighted by Crippen LogP contribution is 2.11. The van der Waals surface area contributed by atoms with Crippen molar-refractivity contribution in [2.45, 2.75) is 19.4 Å². The van der Waals surface area contributed by atoms with Crippen LogP contribution in [0.25, 0.3) is 4.96 Å². The molecule has 0 bridgehead atoms. The number of carbonyl (C=O) groups is 1. The van der Waals surface area contributed by atoms with Gasteiger partial charge in [-0.05, 0) is 6.92 Å². The molecule has 2 aromatic rings. The number of fused-ring (bicyclic) bond motifs is 1. The monoisotopic (exact) mass is 239 g/mol. The maximum Gasteiger partial charge on any atom is 0.226 e. The number of aliphatic hydroxyl groups excluding tert-OH is 1. The Kier molecular flexibility index (Phi) is 3.21. The summed E-state index contributed by atoms with van der Waals surface area (Å²) >= 11 is 1.53. The highest BCUT2D eigenvalue weighted by atomic mass is 32.1. The number of imidazole rings is 1. The number of nitrogens with one attached hydrogen (secondary N) is 1. The lowest BCUT2D eigenvalue weighted by molar-refractivity contribution is -0.120. The lowest BCUT2D eigenvalue weighted by Gasteiger charge is -2.05. The number of nitrogens with zero attached hydrogens (tertiary/aromatic N) is 2. The van der Waals surface area contributed by atoms with Crippen molar-refractivity contribution in [3.63, 3.8) is 0 Å². The van der Waals surface area contributed by atoms with Gasteiger partial charge in [-0.2, -0.15) is 0 Å². The van der Waals surface area contributed by atoms with E-state index in [2.05, 4.69) is 10.3 Å². The molecule has 0 aliphatic rings. The standard InChI is InChI=1S/C10H13N3O2S/c1-7(14)5-11-9(15)4-8-6-13-2-3-16-10(13)12-8/h2-3,6-7,14H,4-5H2,1H3,(H,11,15)/t7-/m0/s1.